The molecular formula is C20H26F3N3O4. The van der Waals surface area contributed by atoms with E-state index < -0.39 is 12.1 Å². The van der Waals surface area contributed by atoms with E-state index in [0.29, 0.717) is 11.9 Å². The average Bonchev–Trinajstić information content (AvgIpc) is 3.29. The number of hydrogen-bond donors (Lipinski definition) is 1. The predicted molar refractivity (Wildman–Crippen MR) is 100 cm³/mol. The number of aromatic nitrogens is 1. The summed E-state index contributed by atoms with van der Waals surface area (Å²) in [4.78, 5) is 29.9. The van der Waals surface area contributed by atoms with Gasteiger partial charge in [-0.25, -0.2) is 4.79 Å². The Morgan fingerprint density at radius 3 is 2.70 bits per heavy atom. The molecule has 0 radical (unpaired) electrons. The first-order valence-corrected chi connectivity index (χ1v) is 10.0. The third-order valence-electron chi connectivity index (χ3n) is 5.77. The smallest absolute Gasteiger partial charge is 0.475 e. The lowest BCUT2D eigenvalue weighted by Gasteiger charge is -2.41. The van der Waals surface area contributed by atoms with Crippen LogP contribution in [0.25, 0.3) is 0 Å². The Morgan fingerprint density at radius 1 is 1.33 bits per heavy atom. The lowest BCUT2D eigenvalue weighted by molar-refractivity contribution is -0.192. The Balaban J connectivity index is 0.000000318. The van der Waals surface area contributed by atoms with Gasteiger partial charge < -0.3 is 14.7 Å². The van der Waals surface area contributed by atoms with Crippen molar-refractivity contribution in [2.24, 2.45) is 0 Å². The molecule has 4 heterocycles. The minimum Gasteiger partial charge on any atom is -0.475 e. The molecule has 1 aromatic rings. The zero-order chi connectivity index (χ0) is 21.8. The molecule has 1 N–H and O–H groups in total. The van der Waals surface area contributed by atoms with Crippen LogP contribution in [0.1, 0.15) is 37.8 Å². The van der Waals surface area contributed by atoms with E-state index in [1.54, 1.807) is 0 Å². The summed E-state index contributed by atoms with van der Waals surface area (Å²) in [5, 5.41) is 7.12. The van der Waals surface area contributed by atoms with Gasteiger partial charge in [0.2, 0.25) is 5.91 Å². The largest absolute Gasteiger partial charge is 0.490 e. The summed E-state index contributed by atoms with van der Waals surface area (Å²) in [6.45, 7) is 4.63. The number of halogens is 3. The SMILES string of the molecule is O=C(O)C(F)(F)F.O=C1CCCN1[C@@H]1CCO[C@]2(CCN(Cc3ccccn3)C2)C1. The zero-order valence-electron chi connectivity index (χ0n) is 16.6. The van der Waals surface area contributed by atoms with Crippen molar-refractivity contribution in [3.05, 3.63) is 30.1 Å². The Bertz CT molecular complexity index is 747. The maximum atomic E-state index is 12.0. The highest BCUT2D eigenvalue weighted by molar-refractivity contribution is 5.78. The van der Waals surface area contributed by atoms with Crippen LogP contribution in [-0.4, -0.2) is 75.8 Å². The number of carbonyl (C=O) groups excluding carboxylic acids is 1. The number of carbonyl (C=O) groups is 2. The van der Waals surface area contributed by atoms with Crippen LogP contribution in [-0.2, 0) is 20.9 Å². The summed E-state index contributed by atoms with van der Waals surface area (Å²) in [6.07, 6.45) is 1.59. The van der Waals surface area contributed by atoms with Gasteiger partial charge in [-0.15, -0.1) is 0 Å². The number of ether oxygens (including phenoxy) is 1. The van der Waals surface area contributed by atoms with Crippen molar-refractivity contribution in [1.82, 2.24) is 14.8 Å². The Morgan fingerprint density at radius 2 is 2.10 bits per heavy atom. The van der Waals surface area contributed by atoms with Gasteiger partial charge in [0, 0.05) is 51.4 Å². The highest BCUT2D eigenvalue weighted by Gasteiger charge is 2.45. The quantitative estimate of drug-likeness (QED) is 0.795. The van der Waals surface area contributed by atoms with Gasteiger partial charge >= 0.3 is 12.1 Å². The number of likely N-dealkylation sites (tertiary alicyclic amines) is 2. The zero-order valence-corrected chi connectivity index (χ0v) is 16.6. The van der Waals surface area contributed by atoms with Crippen molar-refractivity contribution in [1.29, 1.82) is 0 Å². The van der Waals surface area contributed by atoms with Crippen LogP contribution in [0.4, 0.5) is 13.2 Å². The maximum absolute atomic E-state index is 12.0. The van der Waals surface area contributed by atoms with E-state index in [2.05, 4.69) is 20.9 Å². The minimum atomic E-state index is -5.08. The number of carboxylic acids is 1. The molecular weight excluding hydrogens is 403 g/mol. The van der Waals surface area contributed by atoms with Crippen LogP contribution in [0.3, 0.4) is 0 Å². The number of carboxylic acid groups (broad SMARTS) is 1. The molecule has 3 aliphatic heterocycles. The molecule has 3 aliphatic rings. The summed E-state index contributed by atoms with van der Waals surface area (Å²) in [6, 6.07) is 6.46. The maximum Gasteiger partial charge on any atom is 0.490 e. The van der Waals surface area contributed by atoms with Crippen molar-refractivity contribution in [3.8, 4) is 0 Å². The minimum absolute atomic E-state index is 0.0550. The molecule has 10 heteroatoms. The van der Waals surface area contributed by atoms with Crippen LogP contribution in [0.2, 0.25) is 0 Å². The van der Waals surface area contributed by atoms with Crippen LogP contribution in [0.5, 0.6) is 0 Å². The molecule has 1 spiro atoms. The van der Waals surface area contributed by atoms with E-state index in [9.17, 15) is 18.0 Å². The highest BCUT2D eigenvalue weighted by atomic mass is 19.4. The van der Waals surface area contributed by atoms with Gasteiger partial charge in [-0.2, -0.15) is 13.2 Å². The van der Waals surface area contributed by atoms with E-state index in [1.165, 1.54) is 0 Å². The molecule has 3 fully saturated rings. The Labute approximate surface area is 172 Å². The Kier molecular flexibility index (Phi) is 6.97. The molecule has 1 aromatic heterocycles. The molecule has 0 aromatic carbocycles. The average molecular weight is 429 g/mol. The van der Waals surface area contributed by atoms with Crippen molar-refractivity contribution < 1.29 is 32.6 Å². The van der Waals surface area contributed by atoms with Gasteiger partial charge in [0.15, 0.2) is 0 Å². The second kappa shape index (κ2) is 9.30. The molecule has 2 atom stereocenters. The van der Waals surface area contributed by atoms with Crippen molar-refractivity contribution >= 4 is 11.9 Å². The first-order valence-electron chi connectivity index (χ1n) is 10.0. The van der Waals surface area contributed by atoms with Crippen LogP contribution in [0, 0.1) is 0 Å². The number of rotatable bonds is 3. The standard InChI is InChI=1S/C18H25N3O2.C2HF3O2/c22-17-5-3-9-21(17)16-6-11-23-18(12-16)7-10-20(14-18)13-15-4-1-2-8-19-15;3-2(4,5)1(6)7/h1-2,4,8,16H,3,5-7,9-14H2;(H,6,7)/t16-,18-;/m1./s1. The van der Waals surface area contributed by atoms with E-state index in [1.807, 2.05) is 18.3 Å². The molecule has 7 nitrogen and oxygen atoms in total. The highest BCUT2D eigenvalue weighted by Crippen LogP contribution is 2.37. The monoisotopic (exact) mass is 429 g/mol. The third kappa shape index (κ3) is 5.69. The lowest BCUT2D eigenvalue weighted by Crippen LogP contribution is -2.50. The van der Waals surface area contributed by atoms with Crippen LogP contribution < -0.4 is 0 Å². The number of alkyl halides is 3. The molecule has 3 saturated heterocycles. The normalized spacial score (nSPS) is 27.2. The molecule has 4 rings (SSSR count). The summed E-state index contributed by atoms with van der Waals surface area (Å²) in [5.41, 5.74) is 1.06. The van der Waals surface area contributed by atoms with Crippen molar-refractivity contribution in [3.63, 3.8) is 0 Å². The van der Waals surface area contributed by atoms with Crippen molar-refractivity contribution in [2.45, 2.75) is 56.5 Å². The molecule has 0 aliphatic carbocycles. The second-order valence-electron chi connectivity index (χ2n) is 7.95. The third-order valence-corrected chi connectivity index (χ3v) is 5.77. The van der Waals surface area contributed by atoms with Gasteiger partial charge in [0.25, 0.3) is 0 Å². The number of nitrogens with zero attached hydrogens (tertiary/aromatic N) is 3. The first kappa shape index (κ1) is 22.5. The fourth-order valence-electron chi connectivity index (χ4n) is 4.39. The van der Waals surface area contributed by atoms with Crippen LogP contribution >= 0.6 is 0 Å². The fraction of sp³-hybridized carbons (Fsp3) is 0.650. The molecule has 0 saturated carbocycles. The molecule has 30 heavy (non-hydrogen) atoms. The summed E-state index contributed by atoms with van der Waals surface area (Å²) in [5.74, 6) is -2.41. The van der Waals surface area contributed by atoms with E-state index in [4.69, 9.17) is 14.6 Å². The van der Waals surface area contributed by atoms with Gasteiger partial charge in [0.05, 0.1) is 11.3 Å². The van der Waals surface area contributed by atoms with Gasteiger partial charge in [-0.05, 0) is 37.8 Å². The number of amides is 1. The van der Waals surface area contributed by atoms with Gasteiger partial charge in [0.1, 0.15) is 0 Å². The van der Waals surface area contributed by atoms with Crippen LogP contribution in [0.15, 0.2) is 24.4 Å². The van der Waals surface area contributed by atoms with E-state index in [-0.39, 0.29) is 5.60 Å². The van der Waals surface area contributed by atoms with Gasteiger partial charge in [-0.3, -0.25) is 14.7 Å². The molecule has 166 valence electrons. The Hall–Kier alpha value is -2.20. The lowest BCUT2D eigenvalue weighted by atomic mass is 9.89. The van der Waals surface area contributed by atoms with E-state index in [0.717, 1.165) is 70.6 Å². The number of pyridine rings is 1. The molecule has 1 amide bonds. The first-order chi connectivity index (χ1) is 14.2. The number of hydrogen-bond acceptors (Lipinski definition) is 5. The summed E-state index contributed by atoms with van der Waals surface area (Å²) < 4.78 is 38.0. The topological polar surface area (TPSA) is 83.0 Å². The second-order valence-corrected chi connectivity index (χ2v) is 7.95. The summed E-state index contributed by atoms with van der Waals surface area (Å²) >= 11 is 0. The van der Waals surface area contributed by atoms with Gasteiger partial charge in [-0.1, -0.05) is 6.07 Å². The molecule has 0 bridgehead atoms. The fourth-order valence-corrected chi connectivity index (χ4v) is 4.39. The molecule has 0 unspecified atom stereocenters. The number of aliphatic carboxylic acids is 1. The van der Waals surface area contributed by atoms with E-state index >= 15 is 0 Å². The summed E-state index contributed by atoms with van der Waals surface area (Å²) in [7, 11) is 0. The predicted octanol–water partition coefficient (Wildman–Crippen LogP) is 2.46. The van der Waals surface area contributed by atoms with Crippen molar-refractivity contribution in [2.75, 3.05) is 26.2 Å².